The number of nitrogens with zero attached hydrogens (tertiary/aromatic N) is 2. The third-order valence-corrected chi connectivity index (χ3v) is 6.03. The second kappa shape index (κ2) is 9.87. The molecule has 2 heterocycles. The van der Waals surface area contributed by atoms with Crippen LogP contribution in [0.5, 0.6) is 5.75 Å². The van der Waals surface area contributed by atoms with E-state index >= 15 is 0 Å². The molecule has 3 rings (SSSR count). The number of hydrogen-bond donors (Lipinski definition) is 2. The van der Waals surface area contributed by atoms with Gasteiger partial charge in [0.1, 0.15) is 11.4 Å². The molecule has 2 N–H and O–H groups in total. The zero-order valence-corrected chi connectivity index (χ0v) is 20.2. The quantitative estimate of drug-likeness (QED) is 0.589. The van der Waals surface area contributed by atoms with Gasteiger partial charge in [0.2, 0.25) is 11.9 Å². The molecule has 2 aliphatic rings. The van der Waals surface area contributed by atoms with Crippen molar-refractivity contribution >= 4 is 23.9 Å². The van der Waals surface area contributed by atoms with Gasteiger partial charge in [-0.3, -0.25) is 9.69 Å². The average Bonchev–Trinajstić information content (AvgIpc) is 2.75. The van der Waals surface area contributed by atoms with Crippen LogP contribution in [0, 0.1) is 0 Å². The molecule has 0 saturated carbocycles. The average molecular weight is 472 g/mol. The number of nitrogens with one attached hydrogen (secondary N) is 1. The molecule has 2 atom stereocenters. The smallest absolute Gasteiger partial charge is 0.437 e. The van der Waals surface area contributed by atoms with Crippen LogP contribution in [0.1, 0.15) is 81.8 Å². The molecular formula is C25H33N3O6. The molecule has 9 heteroatoms. The first-order valence-corrected chi connectivity index (χ1v) is 11.5. The maximum Gasteiger partial charge on any atom is 0.437 e. The van der Waals surface area contributed by atoms with Gasteiger partial charge in [-0.1, -0.05) is 13.0 Å². The Kier molecular flexibility index (Phi) is 7.33. The molecule has 1 aromatic carbocycles. The highest BCUT2D eigenvalue weighted by Crippen LogP contribution is 2.40. The highest BCUT2D eigenvalue weighted by atomic mass is 16.6. The van der Waals surface area contributed by atoms with E-state index in [1.165, 1.54) is 17.0 Å². The summed E-state index contributed by atoms with van der Waals surface area (Å²) in [4.78, 5) is 43.5. The van der Waals surface area contributed by atoms with Crippen LogP contribution < -0.4 is 10.1 Å². The van der Waals surface area contributed by atoms with Crippen LogP contribution >= 0.6 is 0 Å². The summed E-state index contributed by atoms with van der Waals surface area (Å²) in [5.74, 6) is -0.669. The van der Waals surface area contributed by atoms with Crippen LogP contribution in [0.25, 0.3) is 0 Å². The van der Waals surface area contributed by atoms with E-state index in [4.69, 9.17) is 9.47 Å². The SMILES string of the molecule is C=CCCC1(CC)CC(=O)N([C@@H]2CCOc3ccc(C(=O)O)cc32)/C(=N/C(=O)OC(C)(C)C)N1. The summed E-state index contributed by atoms with van der Waals surface area (Å²) < 4.78 is 11.1. The Bertz CT molecular complexity index is 1010. The lowest BCUT2D eigenvalue weighted by Gasteiger charge is -2.46. The first-order chi connectivity index (χ1) is 16.0. The number of guanidine groups is 1. The zero-order valence-electron chi connectivity index (χ0n) is 20.2. The van der Waals surface area contributed by atoms with Crippen molar-refractivity contribution in [1.82, 2.24) is 10.2 Å². The van der Waals surface area contributed by atoms with E-state index in [0.29, 0.717) is 43.6 Å². The maximum absolute atomic E-state index is 13.6. The van der Waals surface area contributed by atoms with Crippen molar-refractivity contribution in [3.63, 3.8) is 0 Å². The van der Waals surface area contributed by atoms with Crippen molar-refractivity contribution in [3.8, 4) is 5.75 Å². The van der Waals surface area contributed by atoms with Gasteiger partial charge < -0.3 is 19.9 Å². The summed E-state index contributed by atoms with van der Waals surface area (Å²) in [7, 11) is 0. The highest BCUT2D eigenvalue weighted by molar-refractivity contribution is 6.04. The molecule has 1 saturated heterocycles. The van der Waals surface area contributed by atoms with Gasteiger partial charge in [0, 0.05) is 17.5 Å². The van der Waals surface area contributed by atoms with Gasteiger partial charge in [0.05, 0.1) is 24.6 Å². The lowest BCUT2D eigenvalue weighted by Crippen LogP contribution is -2.63. The topological polar surface area (TPSA) is 118 Å². The second-order valence-electron chi connectivity index (χ2n) is 9.65. The van der Waals surface area contributed by atoms with Crippen LogP contribution in [0.2, 0.25) is 0 Å². The Hall–Kier alpha value is -3.36. The van der Waals surface area contributed by atoms with Gasteiger partial charge in [-0.2, -0.15) is 0 Å². The Labute approximate surface area is 199 Å². The molecule has 0 radical (unpaired) electrons. The van der Waals surface area contributed by atoms with E-state index in [0.717, 1.165) is 0 Å². The molecule has 0 aliphatic carbocycles. The number of carbonyl (C=O) groups excluding carboxylic acids is 2. The number of allylic oxidation sites excluding steroid dienone is 1. The van der Waals surface area contributed by atoms with E-state index < -0.39 is 29.2 Å². The minimum Gasteiger partial charge on any atom is -0.493 e. The monoisotopic (exact) mass is 471 g/mol. The molecule has 0 aromatic heterocycles. The predicted molar refractivity (Wildman–Crippen MR) is 127 cm³/mol. The first kappa shape index (κ1) is 25.3. The van der Waals surface area contributed by atoms with Gasteiger partial charge in [-0.05, 0) is 58.2 Å². The molecular weight excluding hydrogens is 438 g/mol. The summed E-state index contributed by atoms with van der Waals surface area (Å²) in [6, 6.07) is 4.03. The van der Waals surface area contributed by atoms with Crippen molar-refractivity contribution in [1.29, 1.82) is 0 Å². The summed E-state index contributed by atoms with van der Waals surface area (Å²) in [6.45, 7) is 11.3. The number of aromatic carboxylic acids is 1. The number of carboxylic acid groups (broad SMARTS) is 1. The van der Waals surface area contributed by atoms with Crippen LogP contribution in [-0.2, 0) is 9.53 Å². The van der Waals surface area contributed by atoms with Crippen molar-refractivity contribution in [2.45, 2.75) is 77.0 Å². The summed E-state index contributed by atoms with van der Waals surface area (Å²) in [5, 5.41) is 12.8. The van der Waals surface area contributed by atoms with Crippen LogP contribution in [0.15, 0.2) is 35.8 Å². The van der Waals surface area contributed by atoms with Crippen molar-refractivity contribution < 1.29 is 29.0 Å². The minimum absolute atomic E-state index is 0.0891. The number of aliphatic imine (C=N–C) groups is 1. The summed E-state index contributed by atoms with van der Waals surface area (Å²) in [6.07, 6.45) is 3.58. The number of hydrogen-bond acceptors (Lipinski definition) is 5. The lowest BCUT2D eigenvalue weighted by atomic mass is 9.84. The number of ether oxygens (including phenoxy) is 2. The van der Waals surface area contributed by atoms with Gasteiger partial charge in [-0.15, -0.1) is 11.6 Å². The standard InChI is InChI=1S/C25H33N3O6/c1-6-8-12-25(7-2)15-20(29)28(22(27-25)26-23(32)34-24(3,4)5)18-11-13-33-19-10-9-16(21(30)31)14-17(18)19/h6,9-10,14,18H,1,7-8,11-13,15H2,2-5H3,(H,30,31)(H,26,27,32)/t18-,25?/m1/s1. The van der Waals surface area contributed by atoms with Gasteiger partial charge in [0.15, 0.2) is 0 Å². The number of carboxylic acids is 1. The fourth-order valence-electron chi connectivity index (χ4n) is 4.31. The van der Waals surface area contributed by atoms with Crippen molar-refractivity contribution in [2.75, 3.05) is 6.61 Å². The molecule has 9 nitrogen and oxygen atoms in total. The third kappa shape index (κ3) is 5.58. The largest absolute Gasteiger partial charge is 0.493 e. The van der Waals surface area contributed by atoms with E-state index in [9.17, 15) is 19.5 Å². The molecule has 184 valence electrons. The minimum atomic E-state index is -1.08. The van der Waals surface area contributed by atoms with E-state index in [-0.39, 0.29) is 23.9 Å². The van der Waals surface area contributed by atoms with E-state index in [2.05, 4.69) is 16.9 Å². The number of rotatable bonds is 6. The highest BCUT2D eigenvalue weighted by Gasteiger charge is 2.45. The molecule has 0 bridgehead atoms. The number of benzene rings is 1. The van der Waals surface area contributed by atoms with Gasteiger partial charge in [0.25, 0.3) is 0 Å². The lowest BCUT2D eigenvalue weighted by molar-refractivity contribution is -0.133. The van der Waals surface area contributed by atoms with E-state index in [1.54, 1.807) is 32.9 Å². The molecule has 1 fully saturated rings. The normalized spacial score (nSPS) is 23.5. The van der Waals surface area contributed by atoms with Crippen LogP contribution in [0.4, 0.5) is 4.79 Å². The first-order valence-electron chi connectivity index (χ1n) is 11.5. The Morgan fingerprint density at radius 2 is 2.15 bits per heavy atom. The molecule has 2 aliphatic heterocycles. The Balaban J connectivity index is 2.07. The second-order valence-corrected chi connectivity index (χ2v) is 9.65. The molecule has 1 aromatic rings. The van der Waals surface area contributed by atoms with Crippen molar-refractivity contribution in [2.24, 2.45) is 4.99 Å². The Morgan fingerprint density at radius 1 is 1.41 bits per heavy atom. The third-order valence-electron chi connectivity index (χ3n) is 6.03. The van der Waals surface area contributed by atoms with Crippen molar-refractivity contribution in [3.05, 3.63) is 42.0 Å². The fourth-order valence-corrected chi connectivity index (χ4v) is 4.31. The van der Waals surface area contributed by atoms with Gasteiger partial charge in [-0.25, -0.2) is 9.59 Å². The Morgan fingerprint density at radius 3 is 2.76 bits per heavy atom. The number of amides is 2. The van der Waals surface area contributed by atoms with Gasteiger partial charge >= 0.3 is 12.1 Å². The summed E-state index contributed by atoms with van der Waals surface area (Å²) in [5.41, 5.74) is -0.684. The fraction of sp³-hybridized carbons (Fsp3) is 0.520. The molecule has 2 amide bonds. The number of carbonyl (C=O) groups is 3. The zero-order chi connectivity index (χ0) is 25.1. The molecule has 34 heavy (non-hydrogen) atoms. The van der Waals surface area contributed by atoms with Crippen LogP contribution in [0.3, 0.4) is 0 Å². The summed E-state index contributed by atoms with van der Waals surface area (Å²) >= 11 is 0. The van der Waals surface area contributed by atoms with Crippen LogP contribution in [-0.4, -0.2) is 51.7 Å². The molecule has 0 spiro atoms. The number of fused-ring (bicyclic) bond motifs is 1. The molecule has 1 unspecified atom stereocenters. The van der Waals surface area contributed by atoms with E-state index in [1.807, 2.05) is 6.92 Å². The maximum atomic E-state index is 13.6. The predicted octanol–water partition coefficient (Wildman–Crippen LogP) is 4.44.